The summed E-state index contributed by atoms with van der Waals surface area (Å²) in [5.74, 6) is -2.01. The predicted molar refractivity (Wildman–Crippen MR) is 135 cm³/mol. The molecule has 1 fully saturated rings. The van der Waals surface area contributed by atoms with Gasteiger partial charge in [-0.05, 0) is 45.7 Å². The molecule has 0 saturated carbocycles. The molecule has 37 heavy (non-hydrogen) atoms. The van der Waals surface area contributed by atoms with Crippen LogP contribution in [0.4, 0.5) is 19.3 Å². The number of alkyl carbamates (subject to hydrolysis) is 1. The summed E-state index contributed by atoms with van der Waals surface area (Å²) >= 11 is 0. The lowest BCUT2D eigenvalue weighted by molar-refractivity contribution is -0.134. The Morgan fingerprint density at radius 1 is 1.24 bits per heavy atom. The number of nitriles is 1. The van der Waals surface area contributed by atoms with Gasteiger partial charge in [0.1, 0.15) is 29.8 Å². The Labute approximate surface area is 218 Å². The Morgan fingerprint density at radius 2 is 1.89 bits per heavy atom. The van der Waals surface area contributed by atoms with Gasteiger partial charge in [-0.3, -0.25) is 9.69 Å². The number of anilines is 1. The Bertz CT molecular complexity index is 945. The molecule has 2 N–H and O–H groups in total. The SMILES string of the molecule is CCCCCN(CC#N)C(=O)[C@H](CN1C[C@H](CC)N(c2cc(F)cc(F)c2)C1O)NC(=O)OC(C)(C)C. The Balaban J connectivity index is 2.31. The van der Waals surface area contributed by atoms with Gasteiger partial charge < -0.3 is 25.0 Å². The van der Waals surface area contributed by atoms with Crippen molar-refractivity contribution in [1.29, 1.82) is 5.26 Å². The maximum atomic E-state index is 13.9. The molecule has 9 nitrogen and oxygen atoms in total. The summed E-state index contributed by atoms with van der Waals surface area (Å²) < 4.78 is 33.2. The molecule has 1 unspecified atom stereocenters. The van der Waals surface area contributed by atoms with Gasteiger partial charge >= 0.3 is 6.09 Å². The highest BCUT2D eigenvalue weighted by atomic mass is 19.1. The van der Waals surface area contributed by atoms with Crippen molar-refractivity contribution in [2.24, 2.45) is 0 Å². The van der Waals surface area contributed by atoms with Gasteiger partial charge in [-0.2, -0.15) is 5.26 Å². The molecule has 206 valence electrons. The highest BCUT2D eigenvalue weighted by molar-refractivity contribution is 5.86. The molecule has 2 rings (SSSR count). The molecule has 0 aliphatic carbocycles. The van der Waals surface area contributed by atoms with Crippen molar-refractivity contribution in [1.82, 2.24) is 15.1 Å². The second-order valence-electron chi connectivity index (χ2n) is 10.2. The van der Waals surface area contributed by atoms with E-state index < -0.39 is 41.6 Å². The van der Waals surface area contributed by atoms with E-state index in [2.05, 4.69) is 5.32 Å². The lowest BCUT2D eigenvalue weighted by atomic mass is 10.1. The molecule has 0 bridgehead atoms. The van der Waals surface area contributed by atoms with Gasteiger partial charge in [0.25, 0.3) is 0 Å². The van der Waals surface area contributed by atoms with Crippen molar-refractivity contribution in [3.8, 4) is 6.07 Å². The maximum absolute atomic E-state index is 13.9. The van der Waals surface area contributed by atoms with E-state index in [1.165, 1.54) is 9.80 Å². The minimum absolute atomic E-state index is 0.0975. The number of rotatable bonds is 11. The number of benzene rings is 1. The normalized spacial score (nSPS) is 18.8. The fraction of sp³-hybridized carbons (Fsp3) is 0.654. The first-order chi connectivity index (χ1) is 17.4. The molecule has 0 radical (unpaired) electrons. The first-order valence-corrected chi connectivity index (χ1v) is 12.7. The summed E-state index contributed by atoms with van der Waals surface area (Å²) in [5, 5.41) is 23.0. The third-order valence-corrected chi connectivity index (χ3v) is 6.04. The van der Waals surface area contributed by atoms with Crippen molar-refractivity contribution in [3.63, 3.8) is 0 Å². The minimum atomic E-state index is -1.30. The van der Waals surface area contributed by atoms with Crippen LogP contribution in [0.5, 0.6) is 0 Å². The monoisotopic (exact) mass is 523 g/mol. The Morgan fingerprint density at radius 3 is 2.43 bits per heavy atom. The van der Waals surface area contributed by atoms with Crippen LogP contribution < -0.4 is 10.2 Å². The molecular weight excluding hydrogens is 484 g/mol. The molecule has 1 aromatic carbocycles. The maximum Gasteiger partial charge on any atom is 0.408 e. The summed E-state index contributed by atoms with van der Waals surface area (Å²) in [6.07, 6.45) is 0.964. The van der Waals surface area contributed by atoms with Crippen molar-refractivity contribution in [3.05, 3.63) is 29.8 Å². The number of aliphatic hydroxyl groups is 1. The fourth-order valence-electron chi connectivity index (χ4n) is 4.34. The molecule has 2 amide bonds. The van der Waals surface area contributed by atoms with Crippen molar-refractivity contribution in [2.75, 3.05) is 31.1 Å². The second kappa shape index (κ2) is 13.5. The molecule has 1 aliphatic heterocycles. The van der Waals surface area contributed by atoms with Crippen molar-refractivity contribution >= 4 is 17.7 Å². The van der Waals surface area contributed by atoms with E-state index in [1.54, 1.807) is 25.7 Å². The van der Waals surface area contributed by atoms with Gasteiger partial charge in [0.2, 0.25) is 5.91 Å². The lowest BCUT2D eigenvalue weighted by Gasteiger charge is -2.32. The van der Waals surface area contributed by atoms with Crippen LogP contribution in [0, 0.1) is 23.0 Å². The highest BCUT2D eigenvalue weighted by Crippen LogP contribution is 2.30. The molecule has 0 spiro atoms. The van der Waals surface area contributed by atoms with Crippen LogP contribution in [-0.4, -0.2) is 77.1 Å². The fourth-order valence-corrected chi connectivity index (χ4v) is 4.34. The molecule has 1 aromatic rings. The minimum Gasteiger partial charge on any atom is -0.444 e. The summed E-state index contributed by atoms with van der Waals surface area (Å²) in [6.45, 7) is 9.38. The number of amides is 2. The summed E-state index contributed by atoms with van der Waals surface area (Å²) in [6, 6.07) is 3.62. The van der Waals surface area contributed by atoms with E-state index in [0.717, 1.165) is 31.0 Å². The van der Waals surface area contributed by atoms with Crippen molar-refractivity contribution < 1.29 is 28.2 Å². The van der Waals surface area contributed by atoms with Gasteiger partial charge in [0.05, 0.1) is 6.07 Å². The number of hydrogen-bond acceptors (Lipinski definition) is 7. The highest BCUT2D eigenvalue weighted by Gasteiger charge is 2.41. The largest absolute Gasteiger partial charge is 0.444 e. The first kappa shape index (κ1) is 30.3. The number of hydrogen-bond donors (Lipinski definition) is 2. The van der Waals surface area contributed by atoms with Crippen LogP contribution in [0.3, 0.4) is 0 Å². The third-order valence-electron chi connectivity index (χ3n) is 6.04. The Kier molecular flexibility index (Phi) is 11.1. The molecular formula is C26H39F2N5O4. The molecule has 3 atom stereocenters. The van der Waals surface area contributed by atoms with Gasteiger partial charge in [-0.1, -0.05) is 26.7 Å². The summed E-state index contributed by atoms with van der Waals surface area (Å²) in [5.41, 5.74) is -0.628. The molecule has 1 saturated heterocycles. The van der Waals surface area contributed by atoms with Crippen LogP contribution in [-0.2, 0) is 9.53 Å². The van der Waals surface area contributed by atoms with Gasteiger partial charge in [-0.15, -0.1) is 0 Å². The smallest absolute Gasteiger partial charge is 0.408 e. The average Bonchev–Trinajstić information content (AvgIpc) is 3.11. The molecule has 1 heterocycles. The van der Waals surface area contributed by atoms with Gasteiger partial charge in [0.15, 0.2) is 6.35 Å². The zero-order chi connectivity index (χ0) is 27.8. The number of carbonyl (C=O) groups excluding carboxylic acids is 2. The number of nitrogens with one attached hydrogen (secondary N) is 1. The van der Waals surface area contributed by atoms with E-state index in [-0.39, 0.29) is 31.4 Å². The summed E-state index contributed by atoms with van der Waals surface area (Å²) in [7, 11) is 0. The summed E-state index contributed by atoms with van der Waals surface area (Å²) in [4.78, 5) is 30.6. The van der Waals surface area contributed by atoms with Crippen molar-refractivity contribution in [2.45, 2.75) is 84.3 Å². The number of ether oxygens (including phenoxy) is 1. The van der Waals surface area contributed by atoms with Crippen LogP contribution >= 0.6 is 0 Å². The van der Waals surface area contributed by atoms with Crippen LogP contribution in [0.15, 0.2) is 18.2 Å². The van der Waals surface area contributed by atoms with E-state index in [9.17, 15) is 28.7 Å². The van der Waals surface area contributed by atoms with Gasteiger partial charge in [0, 0.05) is 37.4 Å². The zero-order valence-corrected chi connectivity index (χ0v) is 22.3. The predicted octanol–water partition coefficient (Wildman–Crippen LogP) is 3.58. The van der Waals surface area contributed by atoms with E-state index in [4.69, 9.17) is 4.74 Å². The third kappa shape index (κ3) is 8.83. The second-order valence-corrected chi connectivity index (χ2v) is 10.2. The van der Waals surface area contributed by atoms with Gasteiger partial charge in [-0.25, -0.2) is 13.6 Å². The number of unbranched alkanes of at least 4 members (excludes halogenated alkanes) is 2. The first-order valence-electron chi connectivity index (χ1n) is 12.7. The van der Waals surface area contributed by atoms with E-state index in [1.807, 2.05) is 19.9 Å². The number of carbonyl (C=O) groups is 2. The number of halogens is 2. The number of nitrogens with zero attached hydrogens (tertiary/aromatic N) is 4. The zero-order valence-electron chi connectivity index (χ0n) is 22.3. The Hall–Kier alpha value is -2.97. The average molecular weight is 524 g/mol. The quantitative estimate of drug-likeness (QED) is 0.337. The lowest BCUT2D eigenvalue weighted by Crippen LogP contribution is -2.56. The van der Waals surface area contributed by atoms with Crippen LogP contribution in [0.25, 0.3) is 0 Å². The van der Waals surface area contributed by atoms with Crippen LogP contribution in [0.2, 0.25) is 0 Å². The standard InChI is InChI=1S/C26H39F2N5O4/c1-6-8-9-11-31(12-10-29)23(34)22(30-24(35)37-26(3,4)5)17-32-16-20(7-2)33(25(32)36)21-14-18(27)13-19(28)15-21/h13-15,20,22,25,36H,6-9,11-12,16-17H2,1-5H3,(H,30,35)/t20-,22-,25?/m0/s1. The number of aliphatic hydroxyl groups excluding tert-OH is 1. The molecule has 11 heteroatoms. The van der Waals surface area contributed by atoms with E-state index >= 15 is 0 Å². The topological polar surface area (TPSA) is 109 Å². The molecule has 1 aliphatic rings. The van der Waals surface area contributed by atoms with Crippen LogP contribution in [0.1, 0.15) is 60.3 Å². The molecule has 0 aromatic heterocycles. The van der Waals surface area contributed by atoms with E-state index in [0.29, 0.717) is 19.4 Å².